The summed E-state index contributed by atoms with van der Waals surface area (Å²) in [5, 5.41) is 0. The zero-order valence-corrected chi connectivity index (χ0v) is 17.5. The zero-order valence-electron chi connectivity index (χ0n) is 17.5. The predicted octanol–water partition coefficient (Wildman–Crippen LogP) is 2.36. The second-order valence-corrected chi connectivity index (χ2v) is 6.85. The number of carbonyl (C=O) groups excluding carboxylic acids is 4. The minimum absolute atomic E-state index is 0.0720. The number of nitrogens with zero attached hydrogens (tertiary/aromatic N) is 1. The third-order valence-corrected chi connectivity index (χ3v) is 3.74. The number of ketones is 1. The Labute approximate surface area is 169 Å². The molecule has 0 N–H and O–H groups in total. The topological polar surface area (TPSA) is 118 Å². The Morgan fingerprint density at radius 2 is 1.72 bits per heavy atom. The number of Topliss-reactive ketones (excluding diaryl/α,β-unsaturated/α-hetero) is 1. The number of aromatic nitrogens is 1. The third kappa shape index (κ3) is 7.52. The number of ether oxygens (including phenoxy) is 4. The molecule has 0 bridgehead atoms. The third-order valence-electron chi connectivity index (χ3n) is 3.74. The Morgan fingerprint density at radius 3 is 2.28 bits per heavy atom. The van der Waals surface area contributed by atoms with Crippen molar-refractivity contribution in [3.8, 4) is 11.5 Å². The van der Waals surface area contributed by atoms with E-state index in [9.17, 15) is 19.2 Å². The van der Waals surface area contributed by atoms with Crippen LogP contribution in [0.3, 0.4) is 0 Å². The number of rotatable bonds is 10. The van der Waals surface area contributed by atoms with E-state index in [2.05, 4.69) is 4.98 Å². The molecule has 0 spiro atoms. The molecule has 0 aliphatic rings. The molecule has 1 rings (SSSR count). The van der Waals surface area contributed by atoms with Gasteiger partial charge < -0.3 is 18.9 Å². The summed E-state index contributed by atoms with van der Waals surface area (Å²) in [7, 11) is 1.37. The van der Waals surface area contributed by atoms with Crippen molar-refractivity contribution in [2.45, 2.75) is 47.1 Å². The second kappa shape index (κ2) is 11.1. The van der Waals surface area contributed by atoms with E-state index in [1.807, 2.05) is 0 Å². The highest BCUT2D eigenvalue weighted by Crippen LogP contribution is 2.31. The average Bonchev–Trinajstić information content (AvgIpc) is 2.65. The van der Waals surface area contributed by atoms with Crippen LogP contribution in [0.25, 0.3) is 0 Å². The molecule has 160 valence electrons. The van der Waals surface area contributed by atoms with Gasteiger partial charge >= 0.3 is 17.9 Å². The maximum absolute atomic E-state index is 12.6. The second-order valence-electron chi connectivity index (χ2n) is 6.85. The first kappa shape index (κ1) is 24.1. The van der Waals surface area contributed by atoms with Gasteiger partial charge in [-0.2, -0.15) is 0 Å². The lowest BCUT2D eigenvalue weighted by atomic mass is 10.0. The highest BCUT2D eigenvalue weighted by molar-refractivity contribution is 5.99. The molecular weight excluding hydrogens is 382 g/mol. The van der Waals surface area contributed by atoms with Gasteiger partial charge in [0, 0.05) is 25.6 Å². The normalized spacial score (nSPS) is 12.7. The number of pyridine rings is 1. The van der Waals surface area contributed by atoms with E-state index in [0.717, 1.165) is 0 Å². The molecule has 0 radical (unpaired) electrons. The molecule has 1 aromatic rings. The van der Waals surface area contributed by atoms with Crippen LogP contribution in [0.4, 0.5) is 0 Å². The van der Waals surface area contributed by atoms with Gasteiger partial charge in [0.25, 0.3) is 0 Å². The van der Waals surface area contributed by atoms with Crippen LogP contribution in [-0.2, 0) is 23.9 Å². The molecule has 9 heteroatoms. The van der Waals surface area contributed by atoms with Gasteiger partial charge in [0.15, 0.2) is 17.2 Å². The monoisotopic (exact) mass is 409 g/mol. The van der Waals surface area contributed by atoms with E-state index >= 15 is 0 Å². The highest BCUT2D eigenvalue weighted by atomic mass is 16.6. The highest BCUT2D eigenvalue weighted by Gasteiger charge is 2.26. The van der Waals surface area contributed by atoms with Gasteiger partial charge in [0.1, 0.15) is 12.7 Å². The van der Waals surface area contributed by atoms with Gasteiger partial charge in [-0.3, -0.25) is 19.2 Å². The van der Waals surface area contributed by atoms with Gasteiger partial charge in [-0.15, -0.1) is 0 Å². The van der Waals surface area contributed by atoms with Crippen LogP contribution < -0.4 is 9.47 Å². The molecule has 0 aliphatic heterocycles. The summed E-state index contributed by atoms with van der Waals surface area (Å²) in [5.41, 5.74) is -0.113. The van der Waals surface area contributed by atoms with Gasteiger partial charge in [-0.05, 0) is 6.92 Å². The van der Waals surface area contributed by atoms with Crippen molar-refractivity contribution in [1.29, 1.82) is 0 Å². The van der Waals surface area contributed by atoms with Crippen molar-refractivity contribution < 1.29 is 38.1 Å². The Balaban J connectivity index is 2.75. The SMILES string of the molecule is COc1ccnc(C(=O)C[C@@H](C)C(=O)O[C@@H](C)COC(=O)C(C)C)c1OC(C)=O. The van der Waals surface area contributed by atoms with Crippen LogP contribution in [0.5, 0.6) is 11.5 Å². The number of esters is 3. The molecule has 0 unspecified atom stereocenters. The predicted molar refractivity (Wildman–Crippen MR) is 102 cm³/mol. The Morgan fingerprint density at radius 1 is 1.07 bits per heavy atom. The quantitative estimate of drug-likeness (QED) is 0.424. The summed E-state index contributed by atoms with van der Waals surface area (Å²) in [6.45, 7) is 7.62. The molecule has 0 fully saturated rings. The summed E-state index contributed by atoms with van der Waals surface area (Å²) < 4.78 is 20.4. The van der Waals surface area contributed by atoms with E-state index < -0.39 is 35.7 Å². The van der Waals surface area contributed by atoms with Gasteiger partial charge in [-0.1, -0.05) is 20.8 Å². The summed E-state index contributed by atoms with van der Waals surface area (Å²) in [6.07, 6.45) is 0.466. The summed E-state index contributed by atoms with van der Waals surface area (Å²) in [5.74, 6) is -3.15. The summed E-state index contributed by atoms with van der Waals surface area (Å²) in [6, 6.07) is 1.45. The van der Waals surface area contributed by atoms with Gasteiger partial charge in [0.2, 0.25) is 5.75 Å². The molecule has 1 aromatic heterocycles. The molecule has 1 heterocycles. The average molecular weight is 409 g/mol. The Hall–Kier alpha value is -2.97. The van der Waals surface area contributed by atoms with E-state index in [1.165, 1.54) is 33.2 Å². The van der Waals surface area contributed by atoms with Crippen molar-refractivity contribution in [1.82, 2.24) is 4.98 Å². The van der Waals surface area contributed by atoms with Crippen molar-refractivity contribution in [2.24, 2.45) is 11.8 Å². The van der Waals surface area contributed by atoms with Crippen molar-refractivity contribution >= 4 is 23.7 Å². The van der Waals surface area contributed by atoms with E-state index in [0.29, 0.717) is 0 Å². The lowest BCUT2D eigenvalue weighted by Gasteiger charge is -2.17. The van der Waals surface area contributed by atoms with Crippen LogP contribution in [0, 0.1) is 11.8 Å². The van der Waals surface area contributed by atoms with E-state index in [1.54, 1.807) is 20.8 Å². The molecule has 0 saturated carbocycles. The fourth-order valence-corrected chi connectivity index (χ4v) is 2.20. The number of hydrogen-bond donors (Lipinski definition) is 0. The van der Waals surface area contributed by atoms with Gasteiger partial charge in [-0.25, -0.2) is 4.98 Å². The van der Waals surface area contributed by atoms with Crippen LogP contribution in [-0.4, -0.2) is 48.5 Å². The molecule has 0 amide bonds. The lowest BCUT2D eigenvalue weighted by Crippen LogP contribution is -2.27. The largest absolute Gasteiger partial charge is 0.493 e. The van der Waals surface area contributed by atoms with Crippen LogP contribution >= 0.6 is 0 Å². The fraction of sp³-hybridized carbons (Fsp3) is 0.550. The van der Waals surface area contributed by atoms with Crippen LogP contribution in [0.1, 0.15) is 51.5 Å². The molecule has 0 saturated heterocycles. The van der Waals surface area contributed by atoms with E-state index in [-0.39, 0.29) is 36.1 Å². The summed E-state index contributed by atoms with van der Waals surface area (Å²) >= 11 is 0. The maximum atomic E-state index is 12.6. The molecule has 2 atom stereocenters. The first-order chi connectivity index (χ1) is 13.6. The van der Waals surface area contributed by atoms with E-state index in [4.69, 9.17) is 18.9 Å². The van der Waals surface area contributed by atoms with Crippen molar-refractivity contribution in [3.63, 3.8) is 0 Å². The van der Waals surface area contributed by atoms with Crippen molar-refractivity contribution in [2.75, 3.05) is 13.7 Å². The van der Waals surface area contributed by atoms with Gasteiger partial charge in [0.05, 0.1) is 18.9 Å². The number of carbonyl (C=O) groups is 4. The first-order valence-electron chi connectivity index (χ1n) is 9.18. The number of hydrogen-bond acceptors (Lipinski definition) is 9. The zero-order chi connectivity index (χ0) is 22.1. The Kier molecular flexibility index (Phi) is 9.24. The molecular formula is C20H27NO8. The standard InChI is InChI=1S/C20H27NO8/c1-11(2)19(24)27-10-13(4)28-20(25)12(3)9-15(23)17-18(29-14(5)22)16(26-6)7-8-21-17/h7-8,11-13H,9-10H2,1-6H3/t12-,13+/m1/s1. The summed E-state index contributed by atoms with van der Waals surface area (Å²) in [4.78, 5) is 51.6. The maximum Gasteiger partial charge on any atom is 0.309 e. The first-order valence-corrected chi connectivity index (χ1v) is 9.18. The minimum Gasteiger partial charge on any atom is -0.493 e. The molecule has 29 heavy (non-hydrogen) atoms. The lowest BCUT2D eigenvalue weighted by molar-refractivity contribution is -0.162. The van der Waals surface area contributed by atoms with Crippen LogP contribution in [0.15, 0.2) is 12.3 Å². The smallest absolute Gasteiger partial charge is 0.309 e. The number of methoxy groups -OCH3 is 1. The molecule has 9 nitrogen and oxygen atoms in total. The molecule has 0 aromatic carbocycles. The fourth-order valence-electron chi connectivity index (χ4n) is 2.20. The minimum atomic E-state index is -0.788. The van der Waals surface area contributed by atoms with Crippen molar-refractivity contribution in [3.05, 3.63) is 18.0 Å². The molecule has 0 aliphatic carbocycles. The van der Waals surface area contributed by atoms with Crippen LogP contribution in [0.2, 0.25) is 0 Å². The Bertz CT molecular complexity index is 759.